The van der Waals surface area contributed by atoms with Crippen molar-refractivity contribution in [3.05, 3.63) is 28.8 Å². The van der Waals surface area contributed by atoms with Gasteiger partial charge in [-0.2, -0.15) is 0 Å². The van der Waals surface area contributed by atoms with Crippen LogP contribution in [0.2, 0.25) is 5.02 Å². The first-order valence-corrected chi connectivity index (χ1v) is 6.17. The van der Waals surface area contributed by atoms with Crippen molar-refractivity contribution in [3.8, 4) is 0 Å². The number of aliphatic hydroxyl groups excluding tert-OH is 1. The lowest BCUT2D eigenvalue weighted by Gasteiger charge is -2.22. The summed E-state index contributed by atoms with van der Waals surface area (Å²) in [5.74, 6) is 0. The molecule has 0 fully saturated rings. The predicted octanol–water partition coefficient (Wildman–Crippen LogP) is 3.46. The molecule has 0 aliphatic rings. The lowest BCUT2D eigenvalue weighted by molar-refractivity contribution is 0.282. The van der Waals surface area contributed by atoms with Gasteiger partial charge in [0.25, 0.3) is 0 Å². The largest absolute Gasteiger partial charge is 0.392 e. The van der Waals surface area contributed by atoms with Crippen LogP contribution in [-0.4, -0.2) is 18.7 Å². The van der Waals surface area contributed by atoms with Crippen molar-refractivity contribution in [2.75, 3.05) is 18.5 Å². The van der Waals surface area contributed by atoms with E-state index in [9.17, 15) is 5.11 Å². The molecule has 1 rings (SSSR count). The van der Waals surface area contributed by atoms with Gasteiger partial charge in [0.2, 0.25) is 0 Å². The Morgan fingerprint density at radius 3 is 2.69 bits per heavy atom. The smallest absolute Gasteiger partial charge is 0.0702 e. The number of anilines is 1. The summed E-state index contributed by atoms with van der Waals surface area (Å²) in [6, 6.07) is 5.67. The van der Waals surface area contributed by atoms with E-state index in [0.717, 1.165) is 17.8 Å². The van der Waals surface area contributed by atoms with Crippen molar-refractivity contribution in [2.45, 2.75) is 32.8 Å². The van der Waals surface area contributed by atoms with Gasteiger partial charge in [0.1, 0.15) is 0 Å². The fourth-order valence-corrected chi connectivity index (χ4v) is 1.97. The van der Waals surface area contributed by atoms with E-state index in [-0.39, 0.29) is 6.61 Å². The van der Waals surface area contributed by atoms with Crippen LogP contribution in [0, 0.1) is 0 Å². The molecule has 90 valence electrons. The summed E-state index contributed by atoms with van der Waals surface area (Å²) in [6.07, 6.45) is 3.65. The highest BCUT2D eigenvalue weighted by Crippen LogP contribution is 2.23. The van der Waals surface area contributed by atoms with Gasteiger partial charge in [-0.1, -0.05) is 31.4 Å². The number of aliphatic hydroxyl groups is 1. The molecule has 1 N–H and O–H groups in total. The number of nitrogens with zero attached hydrogens (tertiary/aromatic N) is 1. The molecule has 0 spiro atoms. The quantitative estimate of drug-likeness (QED) is 0.771. The van der Waals surface area contributed by atoms with Crippen LogP contribution in [0.4, 0.5) is 5.69 Å². The summed E-state index contributed by atoms with van der Waals surface area (Å²) in [6.45, 7) is 3.25. The molecule has 0 amide bonds. The van der Waals surface area contributed by atoms with Gasteiger partial charge in [0.15, 0.2) is 0 Å². The molecule has 0 bridgehead atoms. The fourth-order valence-electron chi connectivity index (χ4n) is 1.77. The molecule has 0 atom stereocenters. The van der Waals surface area contributed by atoms with E-state index in [0.29, 0.717) is 5.02 Å². The van der Waals surface area contributed by atoms with Crippen LogP contribution in [0.3, 0.4) is 0 Å². The number of rotatable bonds is 6. The lowest BCUT2D eigenvalue weighted by atomic mass is 10.1. The maximum atomic E-state index is 9.28. The maximum absolute atomic E-state index is 9.28. The number of halogens is 1. The van der Waals surface area contributed by atoms with Gasteiger partial charge >= 0.3 is 0 Å². The normalized spacial score (nSPS) is 10.5. The van der Waals surface area contributed by atoms with Crippen molar-refractivity contribution < 1.29 is 5.11 Å². The van der Waals surface area contributed by atoms with E-state index in [1.807, 2.05) is 18.2 Å². The summed E-state index contributed by atoms with van der Waals surface area (Å²) in [5.41, 5.74) is 1.97. The minimum atomic E-state index is 0.0357. The highest BCUT2D eigenvalue weighted by Gasteiger charge is 2.06. The van der Waals surface area contributed by atoms with Crippen molar-refractivity contribution in [3.63, 3.8) is 0 Å². The molecule has 3 heteroatoms. The lowest BCUT2D eigenvalue weighted by Crippen LogP contribution is -2.19. The predicted molar refractivity (Wildman–Crippen MR) is 70.2 cm³/mol. The van der Waals surface area contributed by atoms with E-state index in [1.54, 1.807) is 0 Å². The van der Waals surface area contributed by atoms with Gasteiger partial charge in [-0.15, -0.1) is 0 Å². The van der Waals surface area contributed by atoms with E-state index >= 15 is 0 Å². The Balaban J connectivity index is 2.70. The Bertz CT molecular complexity index is 328. The molecule has 1 aromatic carbocycles. The molecule has 0 heterocycles. The van der Waals surface area contributed by atoms with Gasteiger partial charge in [0, 0.05) is 29.9 Å². The Morgan fingerprint density at radius 2 is 2.06 bits per heavy atom. The van der Waals surface area contributed by atoms with E-state index in [2.05, 4.69) is 18.9 Å². The molecule has 0 aliphatic carbocycles. The Hall–Kier alpha value is -0.730. The van der Waals surface area contributed by atoms with Crippen molar-refractivity contribution in [1.29, 1.82) is 0 Å². The minimum absolute atomic E-state index is 0.0357. The van der Waals surface area contributed by atoms with Crippen molar-refractivity contribution in [2.24, 2.45) is 0 Å². The average molecular weight is 242 g/mol. The summed E-state index contributed by atoms with van der Waals surface area (Å²) in [5, 5.41) is 9.95. The number of benzene rings is 1. The Morgan fingerprint density at radius 1 is 1.31 bits per heavy atom. The second-order valence-corrected chi connectivity index (χ2v) is 4.50. The van der Waals surface area contributed by atoms with Gasteiger partial charge in [-0.25, -0.2) is 0 Å². The highest BCUT2D eigenvalue weighted by atomic mass is 35.5. The molecule has 0 aliphatic heterocycles. The zero-order valence-electron chi connectivity index (χ0n) is 10.0. The molecule has 2 nitrogen and oxygen atoms in total. The van der Waals surface area contributed by atoms with Gasteiger partial charge < -0.3 is 10.0 Å². The van der Waals surface area contributed by atoms with Gasteiger partial charge in [-0.3, -0.25) is 0 Å². The van der Waals surface area contributed by atoms with E-state index < -0.39 is 0 Å². The summed E-state index contributed by atoms with van der Waals surface area (Å²) < 4.78 is 0. The second-order valence-electron chi connectivity index (χ2n) is 4.06. The molecule has 0 saturated heterocycles. The van der Waals surface area contributed by atoms with Crippen LogP contribution in [0.1, 0.15) is 31.7 Å². The first-order valence-electron chi connectivity index (χ1n) is 5.79. The van der Waals surface area contributed by atoms with Crippen LogP contribution >= 0.6 is 11.6 Å². The summed E-state index contributed by atoms with van der Waals surface area (Å²) in [7, 11) is 2.05. The first-order chi connectivity index (χ1) is 7.69. The summed E-state index contributed by atoms with van der Waals surface area (Å²) >= 11 is 5.90. The van der Waals surface area contributed by atoms with E-state index in [4.69, 9.17) is 11.6 Å². The fraction of sp³-hybridized carbons (Fsp3) is 0.538. The van der Waals surface area contributed by atoms with Crippen LogP contribution in [0.25, 0.3) is 0 Å². The molecule has 0 radical (unpaired) electrons. The van der Waals surface area contributed by atoms with Gasteiger partial charge in [0.05, 0.1) is 6.61 Å². The second kappa shape index (κ2) is 6.77. The van der Waals surface area contributed by atoms with Crippen LogP contribution in [0.15, 0.2) is 18.2 Å². The third-order valence-electron chi connectivity index (χ3n) is 2.72. The van der Waals surface area contributed by atoms with Crippen molar-refractivity contribution >= 4 is 17.3 Å². The van der Waals surface area contributed by atoms with E-state index in [1.165, 1.54) is 19.3 Å². The molecule has 0 aromatic heterocycles. The summed E-state index contributed by atoms with van der Waals surface area (Å²) in [4.78, 5) is 2.18. The molecule has 16 heavy (non-hydrogen) atoms. The highest BCUT2D eigenvalue weighted by molar-refractivity contribution is 6.30. The van der Waals surface area contributed by atoms with Gasteiger partial charge in [-0.05, 0) is 24.6 Å². The average Bonchev–Trinajstić information content (AvgIpc) is 2.29. The van der Waals surface area contributed by atoms with Crippen molar-refractivity contribution in [1.82, 2.24) is 0 Å². The van der Waals surface area contributed by atoms with Crippen LogP contribution in [0.5, 0.6) is 0 Å². The molecule has 1 aromatic rings. The first kappa shape index (κ1) is 13.3. The Labute approximate surface area is 103 Å². The zero-order chi connectivity index (χ0) is 12.0. The minimum Gasteiger partial charge on any atom is -0.392 e. The Kier molecular flexibility index (Phi) is 5.64. The van der Waals surface area contributed by atoms with Crippen LogP contribution < -0.4 is 4.90 Å². The molecule has 0 unspecified atom stereocenters. The third kappa shape index (κ3) is 3.69. The third-order valence-corrected chi connectivity index (χ3v) is 2.96. The number of unbranched alkanes of at least 4 members (excludes halogenated alkanes) is 2. The maximum Gasteiger partial charge on any atom is 0.0702 e. The molecular formula is C13H20ClNO. The zero-order valence-corrected chi connectivity index (χ0v) is 10.8. The number of hydrogen-bond acceptors (Lipinski definition) is 2. The topological polar surface area (TPSA) is 23.5 Å². The monoisotopic (exact) mass is 241 g/mol. The standard InChI is InChI=1S/C13H20ClNO/c1-3-4-5-8-15(2)13-7-6-12(14)9-11(13)10-16/h6-7,9,16H,3-5,8,10H2,1-2H3. The SMILES string of the molecule is CCCCCN(C)c1ccc(Cl)cc1CO. The van der Waals surface area contributed by atoms with Crippen LogP contribution in [-0.2, 0) is 6.61 Å². The molecular weight excluding hydrogens is 222 g/mol. The number of hydrogen-bond donors (Lipinski definition) is 1. The molecule has 0 saturated carbocycles.